The Balaban J connectivity index is 1.46. The average molecular weight is 484 g/mol. The molecule has 2 aromatic carbocycles. The van der Waals surface area contributed by atoms with Crippen molar-refractivity contribution in [1.29, 1.82) is 0 Å². The molecule has 4 aromatic rings. The van der Waals surface area contributed by atoms with Crippen LogP contribution in [-0.2, 0) is 17.1 Å². The number of ether oxygens (including phenoxy) is 1. The first-order valence-electron chi connectivity index (χ1n) is 10.2. The summed E-state index contributed by atoms with van der Waals surface area (Å²) in [5.74, 6) is 1.07. The van der Waals surface area contributed by atoms with Gasteiger partial charge in [-0.1, -0.05) is 47.6 Å². The summed E-state index contributed by atoms with van der Waals surface area (Å²) in [6.45, 7) is 1.68. The molecule has 2 heterocycles. The molecule has 8 nitrogen and oxygen atoms in total. The van der Waals surface area contributed by atoms with E-state index in [-0.39, 0.29) is 18.5 Å². The van der Waals surface area contributed by atoms with E-state index in [0.29, 0.717) is 21.4 Å². The van der Waals surface area contributed by atoms with E-state index in [1.165, 1.54) is 16.2 Å². The van der Waals surface area contributed by atoms with E-state index >= 15 is 0 Å². The van der Waals surface area contributed by atoms with Crippen LogP contribution in [0.1, 0.15) is 24.1 Å². The van der Waals surface area contributed by atoms with Gasteiger partial charge in [-0.2, -0.15) is 0 Å². The number of carbonyl (C=O) groups is 1. The molecule has 0 spiro atoms. The highest BCUT2D eigenvalue weighted by molar-refractivity contribution is 7.98. The summed E-state index contributed by atoms with van der Waals surface area (Å²) in [5.41, 5.74) is 2.02. The lowest BCUT2D eigenvalue weighted by atomic mass is 10.1. The third-order valence-corrected chi connectivity index (χ3v) is 6.34. The van der Waals surface area contributed by atoms with Gasteiger partial charge in [0.15, 0.2) is 5.65 Å². The number of fused-ring (bicyclic) bond motifs is 1. The Morgan fingerprint density at radius 2 is 1.91 bits per heavy atom. The molecule has 1 N–H and O–H groups in total. The molecule has 0 radical (unpaired) electrons. The molecule has 0 bridgehead atoms. The summed E-state index contributed by atoms with van der Waals surface area (Å²) in [5, 5.41) is 8.55. The van der Waals surface area contributed by atoms with Crippen LogP contribution in [-0.4, -0.2) is 32.2 Å². The second kappa shape index (κ2) is 10.1. The highest BCUT2D eigenvalue weighted by Gasteiger charge is 2.16. The van der Waals surface area contributed by atoms with Crippen LogP contribution in [0.4, 0.5) is 0 Å². The van der Waals surface area contributed by atoms with E-state index in [1.807, 2.05) is 55.5 Å². The van der Waals surface area contributed by atoms with Crippen LogP contribution in [0.3, 0.4) is 0 Å². The topological polar surface area (TPSA) is 90.5 Å². The van der Waals surface area contributed by atoms with Gasteiger partial charge in [0.05, 0.1) is 13.2 Å². The number of amides is 1. The summed E-state index contributed by atoms with van der Waals surface area (Å²) < 4.78 is 7.71. The molecular weight excluding hydrogens is 462 g/mol. The maximum absolute atomic E-state index is 12.8. The molecule has 0 saturated heterocycles. The van der Waals surface area contributed by atoms with E-state index in [4.69, 9.17) is 16.3 Å². The molecule has 170 valence electrons. The number of hydrogen-bond donors (Lipinski definition) is 1. The zero-order valence-corrected chi connectivity index (χ0v) is 19.6. The second-order valence-electron chi connectivity index (χ2n) is 7.34. The van der Waals surface area contributed by atoms with Gasteiger partial charge < -0.3 is 10.1 Å². The van der Waals surface area contributed by atoms with E-state index in [9.17, 15) is 9.59 Å². The molecule has 2 aromatic heterocycles. The fourth-order valence-electron chi connectivity index (χ4n) is 3.26. The zero-order valence-electron chi connectivity index (χ0n) is 18.1. The fraction of sp³-hybridized carbons (Fsp3) is 0.217. The summed E-state index contributed by atoms with van der Waals surface area (Å²) in [7, 11) is 1.60. The van der Waals surface area contributed by atoms with Crippen LogP contribution in [0.5, 0.6) is 5.75 Å². The molecular formula is C23H22ClN5O3S. The molecule has 1 amide bonds. The maximum atomic E-state index is 12.8. The third-order valence-electron chi connectivity index (χ3n) is 5.04. The number of benzene rings is 2. The Morgan fingerprint density at radius 1 is 1.18 bits per heavy atom. The molecule has 0 aliphatic rings. The van der Waals surface area contributed by atoms with Gasteiger partial charge >= 0.3 is 5.69 Å². The van der Waals surface area contributed by atoms with Crippen LogP contribution in [0, 0.1) is 0 Å². The summed E-state index contributed by atoms with van der Waals surface area (Å²) in [6.07, 6.45) is 3.10. The molecule has 33 heavy (non-hydrogen) atoms. The number of hydrogen-bond acceptors (Lipinski definition) is 6. The fourth-order valence-corrected chi connectivity index (χ4v) is 4.29. The lowest BCUT2D eigenvalue weighted by Gasteiger charge is -2.14. The lowest BCUT2D eigenvalue weighted by molar-refractivity contribution is -0.122. The van der Waals surface area contributed by atoms with E-state index in [2.05, 4.69) is 15.4 Å². The molecule has 10 heteroatoms. The monoisotopic (exact) mass is 483 g/mol. The van der Waals surface area contributed by atoms with Crippen molar-refractivity contribution in [1.82, 2.24) is 24.5 Å². The number of nitrogens with one attached hydrogen (secondary N) is 1. The minimum atomic E-state index is -0.395. The van der Waals surface area contributed by atoms with E-state index < -0.39 is 5.69 Å². The van der Waals surface area contributed by atoms with Gasteiger partial charge in [0, 0.05) is 23.2 Å². The van der Waals surface area contributed by atoms with Gasteiger partial charge in [0.2, 0.25) is 5.91 Å². The van der Waals surface area contributed by atoms with Crippen LogP contribution >= 0.6 is 23.4 Å². The normalized spacial score (nSPS) is 12.0. The highest BCUT2D eigenvalue weighted by Crippen LogP contribution is 2.24. The molecule has 1 unspecified atom stereocenters. The van der Waals surface area contributed by atoms with Crippen molar-refractivity contribution < 1.29 is 9.53 Å². The minimum Gasteiger partial charge on any atom is -0.497 e. The Bertz CT molecular complexity index is 1320. The van der Waals surface area contributed by atoms with Crippen molar-refractivity contribution in [2.45, 2.75) is 30.3 Å². The van der Waals surface area contributed by atoms with Crippen molar-refractivity contribution >= 4 is 34.9 Å². The molecule has 4 rings (SSSR count). The van der Waals surface area contributed by atoms with Gasteiger partial charge in [-0.15, -0.1) is 5.10 Å². The quantitative estimate of drug-likeness (QED) is 0.384. The summed E-state index contributed by atoms with van der Waals surface area (Å²) in [6, 6.07) is 14.7. The predicted octanol–water partition coefficient (Wildman–Crippen LogP) is 3.72. The number of nitrogens with zero attached hydrogens (tertiary/aromatic N) is 4. The second-order valence-corrected chi connectivity index (χ2v) is 8.74. The zero-order chi connectivity index (χ0) is 23.4. The standard InChI is InChI=1S/C23H22ClN5O3S/c1-15(17-5-9-19(32-2)10-6-17)26-20(30)13-29-23(31)28-12-11-25-22(21(28)27-29)33-14-16-3-7-18(24)8-4-16/h3-12,15H,13-14H2,1-2H3,(H,26,30). The first-order valence-corrected chi connectivity index (χ1v) is 11.6. The van der Waals surface area contributed by atoms with Crippen LogP contribution in [0.15, 0.2) is 70.7 Å². The Hall–Kier alpha value is -3.30. The number of thioether (sulfide) groups is 1. The smallest absolute Gasteiger partial charge is 0.350 e. The van der Waals surface area contributed by atoms with Gasteiger partial charge in [-0.3, -0.25) is 4.79 Å². The Labute approximate surface area is 199 Å². The number of methoxy groups -OCH3 is 1. The first-order chi connectivity index (χ1) is 15.9. The van der Waals surface area contributed by atoms with Gasteiger partial charge in [-0.25, -0.2) is 18.9 Å². The van der Waals surface area contributed by atoms with Crippen molar-refractivity contribution in [2.75, 3.05) is 7.11 Å². The Morgan fingerprint density at radius 3 is 2.61 bits per heavy atom. The van der Waals surface area contributed by atoms with Crippen LogP contribution < -0.4 is 15.7 Å². The molecule has 0 saturated carbocycles. The molecule has 0 fully saturated rings. The van der Waals surface area contributed by atoms with Crippen molar-refractivity contribution in [3.63, 3.8) is 0 Å². The summed E-state index contributed by atoms with van der Waals surface area (Å²) in [4.78, 5) is 29.7. The number of rotatable bonds is 8. The molecule has 1 atom stereocenters. The van der Waals surface area contributed by atoms with Crippen LogP contribution in [0.25, 0.3) is 5.65 Å². The first kappa shape index (κ1) is 22.9. The third kappa shape index (κ3) is 5.37. The van der Waals surface area contributed by atoms with Crippen LogP contribution in [0.2, 0.25) is 5.02 Å². The SMILES string of the molecule is COc1ccc(C(C)NC(=O)Cn2nc3c(SCc4ccc(Cl)cc4)nccn3c2=O)cc1. The predicted molar refractivity (Wildman–Crippen MR) is 128 cm³/mol. The number of halogens is 1. The van der Waals surface area contributed by atoms with Crippen molar-refractivity contribution in [3.05, 3.63) is 87.6 Å². The van der Waals surface area contributed by atoms with Crippen molar-refractivity contribution in [3.8, 4) is 5.75 Å². The average Bonchev–Trinajstić information content (AvgIpc) is 3.14. The van der Waals surface area contributed by atoms with Gasteiger partial charge in [-0.05, 0) is 42.3 Å². The number of carbonyl (C=O) groups excluding carboxylic acids is 1. The highest BCUT2D eigenvalue weighted by atomic mass is 35.5. The van der Waals surface area contributed by atoms with Gasteiger partial charge in [0.1, 0.15) is 17.3 Å². The largest absolute Gasteiger partial charge is 0.497 e. The Kier molecular flexibility index (Phi) is 7.00. The maximum Gasteiger partial charge on any atom is 0.350 e. The molecule has 0 aliphatic carbocycles. The van der Waals surface area contributed by atoms with Crippen molar-refractivity contribution in [2.24, 2.45) is 0 Å². The molecule has 0 aliphatic heterocycles. The lowest BCUT2D eigenvalue weighted by Crippen LogP contribution is -2.34. The van der Waals surface area contributed by atoms with E-state index in [0.717, 1.165) is 21.6 Å². The summed E-state index contributed by atoms with van der Waals surface area (Å²) >= 11 is 7.40. The van der Waals surface area contributed by atoms with E-state index in [1.54, 1.807) is 19.5 Å². The minimum absolute atomic E-state index is 0.192. The number of aromatic nitrogens is 4. The van der Waals surface area contributed by atoms with Gasteiger partial charge in [0.25, 0.3) is 0 Å².